The topological polar surface area (TPSA) is 134 Å². The Morgan fingerprint density at radius 3 is 2.69 bits per heavy atom. The number of hydrazone groups is 1. The molecule has 0 radical (unpaired) electrons. The molecule has 0 saturated carbocycles. The molecule has 4 aliphatic rings. The standard InChI is InChI=1S/C23H37N7O4S/c1-15(2)33-18-9-16(10-20(11-18)35(31,32)25-3)21-13-26-22(24)23(28-21)34-19-12-27-30(14-19)17-5-7-29(4)8-6-17/h10-13,15-17,19,22-23,25H,5-9,14,24H2,1-4H3. The van der Waals surface area contributed by atoms with E-state index in [4.69, 9.17) is 20.2 Å². The molecule has 194 valence electrons. The third kappa shape index (κ3) is 6.36. The third-order valence-electron chi connectivity index (χ3n) is 6.56. The molecule has 35 heavy (non-hydrogen) atoms. The SMILES string of the molecule is CNS(=O)(=O)C1=CC(C2=NC(OC3C=NN(C4CCN(C)CC4)C3)C(N)N=C2)CC(OC(C)C)=C1. The molecule has 4 atom stereocenters. The first-order valence-corrected chi connectivity index (χ1v) is 13.7. The first-order chi connectivity index (χ1) is 16.6. The minimum atomic E-state index is -3.65. The van der Waals surface area contributed by atoms with Crippen molar-refractivity contribution < 1.29 is 17.9 Å². The van der Waals surface area contributed by atoms with Gasteiger partial charge in [-0.15, -0.1) is 0 Å². The predicted molar refractivity (Wildman–Crippen MR) is 137 cm³/mol. The van der Waals surface area contributed by atoms with E-state index in [9.17, 15) is 8.42 Å². The second-order valence-corrected chi connectivity index (χ2v) is 11.6. The van der Waals surface area contributed by atoms with Gasteiger partial charge >= 0.3 is 0 Å². The number of piperidine rings is 1. The Morgan fingerprint density at radius 2 is 2.00 bits per heavy atom. The van der Waals surface area contributed by atoms with E-state index in [1.165, 1.54) is 7.05 Å². The van der Waals surface area contributed by atoms with Crippen LogP contribution in [0.25, 0.3) is 0 Å². The lowest BCUT2D eigenvalue weighted by molar-refractivity contribution is 0.00139. The molecule has 0 aromatic carbocycles. The van der Waals surface area contributed by atoms with Gasteiger partial charge in [-0.2, -0.15) is 5.10 Å². The Bertz CT molecular complexity index is 1030. The van der Waals surface area contributed by atoms with Crippen LogP contribution in [-0.4, -0.2) is 101 Å². The van der Waals surface area contributed by atoms with Crippen LogP contribution in [-0.2, 0) is 19.5 Å². The summed E-state index contributed by atoms with van der Waals surface area (Å²) in [5.41, 5.74) is 6.81. The van der Waals surface area contributed by atoms with Crippen LogP contribution in [0.4, 0.5) is 0 Å². The van der Waals surface area contributed by atoms with Gasteiger partial charge in [-0.3, -0.25) is 15.0 Å². The summed E-state index contributed by atoms with van der Waals surface area (Å²) < 4.78 is 39.5. The van der Waals surface area contributed by atoms with Crippen molar-refractivity contribution in [2.75, 3.05) is 33.7 Å². The number of aliphatic imine (C=N–C) groups is 2. The molecule has 11 nitrogen and oxygen atoms in total. The van der Waals surface area contributed by atoms with Crippen LogP contribution < -0.4 is 10.5 Å². The maximum Gasteiger partial charge on any atom is 0.240 e. The smallest absolute Gasteiger partial charge is 0.240 e. The molecule has 0 aromatic rings. The average molecular weight is 508 g/mol. The van der Waals surface area contributed by atoms with E-state index in [0.717, 1.165) is 25.9 Å². The van der Waals surface area contributed by atoms with Crippen LogP contribution in [0, 0.1) is 5.92 Å². The summed E-state index contributed by atoms with van der Waals surface area (Å²) in [6, 6.07) is 0.416. The first-order valence-electron chi connectivity index (χ1n) is 12.2. The molecule has 3 aliphatic heterocycles. The third-order valence-corrected chi connectivity index (χ3v) is 7.97. The van der Waals surface area contributed by atoms with E-state index in [-0.39, 0.29) is 23.0 Å². The van der Waals surface area contributed by atoms with Crippen LogP contribution in [0.1, 0.15) is 33.1 Å². The maximum absolute atomic E-state index is 12.5. The van der Waals surface area contributed by atoms with Crippen LogP contribution >= 0.6 is 0 Å². The van der Waals surface area contributed by atoms with Gasteiger partial charge in [0.25, 0.3) is 0 Å². The lowest BCUT2D eigenvalue weighted by Gasteiger charge is -2.34. The number of hydrogen-bond donors (Lipinski definition) is 2. The van der Waals surface area contributed by atoms with Crippen molar-refractivity contribution >= 4 is 28.2 Å². The molecule has 3 heterocycles. The number of nitrogens with one attached hydrogen (secondary N) is 1. The highest BCUT2D eigenvalue weighted by Crippen LogP contribution is 2.29. The van der Waals surface area contributed by atoms with Crippen LogP contribution in [0.3, 0.4) is 0 Å². The van der Waals surface area contributed by atoms with Crippen molar-refractivity contribution in [2.24, 2.45) is 26.7 Å². The van der Waals surface area contributed by atoms with E-state index >= 15 is 0 Å². The average Bonchev–Trinajstić information content (AvgIpc) is 3.29. The van der Waals surface area contributed by atoms with E-state index in [2.05, 4.69) is 31.8 Å². The normalized spacial score (nSPS) is 30.5. The Balaban J connectivity index is 1.46. The molecule has 12 heteroatoms. The molecule has 0 bridgehead atoms. The zero-order valence-electron chi connectivity index (χ0n) is 20.9. The summed E-state index contributed by atoms with van der Waals surface area (Å²) >= 11 is 0. The lowest BCUT2D eigenvalue weighted by atomic mass is 9.94. The number of nitrogens with two attached hydrogens (primary N) is 1. The number of allylic oxidation sites excluding steroid dienone is 3. The fraction of sp³-hybridized carbons (Fsp3) is 0.696. The van der Waals surface area contributed by atoms with E-state index in [0.29, 0.717) is 30.5 Å². The monoisotopic (exact) mass is 507 g/mol. The second kappa shape index (κ2) is 10.9. The highest BCUT2D eigenvalue weighted by molar-refractivity contribution is 7.93. The van der Waals surface area contributed by atoms with Crippen molar-refractivity contribution in [1.82, 2.24) is 14.6 Å². The molecule has 0 aromatic heterocycles. The fourth-order valence-corrected chi connectivity index (χ4v) is 5.49. The van der Waals surface area contributed by atoms with Gasteiger partial charge in [0.2, 0.25) is 10.0 Å². The molecule has 4 unspecified atom stereocenters. The maximum atomic E-state index is 12.5. The zero-order valence-corrected chi connectivity index (χ0v) is 21.7. The first kappa shape index (κ1) is 26.0. The molecule has 3 N–H and O–H groups in total. The molecule has 0 amide bonds. The van der Waals surface area contributed by atoms with Gasteiger partial charge in [-0.25, -0.2) is 13.1 Å². The molecular formula is C23H37N7O4S. The van der Waals surface area contributed by atoms with Crippen LogP contribution in [0.5, 0.6) is 0 Å². The van der Waals surface area contributed by atoms with Gasteiger partial charge < -0.3 is 20.1 Å². The number of sulfonamides is 1. The van der Waals surface area contributed by atoms with Crippen molar-refractivity contribution in [1.29, 1.82) is 0 Å². The number of nitrogens with zero attached hydrogens (tertiary/aromatic N) is 5. The minimum Gasteiger partial charge on any atom is -0.495 e. The summed E-state index contributed by atoms with van der Waals surface area (Å²) in [6.07, 6.45) is 7.67. The van der Waals surface area contributed by atoms with Gasteiger partial charge in [-0.05, 0) is 59.9 Å². The number of rotatable bonds is 8. The highest BCUT2D eigenvalue weighted by atomic mass is 32.2. The quantitative estimate of drug-likeness (QED) is 0.493. The molecule has 4 rings (SSSR count). The Hall–Kier alpha value is -2.12. The minimum absolute atomic E-state index is 0.0841. The van der Waals surface area contributed by atoms with Crippen molar-refractivity contribution in [3.05, 3.63) is 22.8 Å². The van der Waals surface area contributed by atoms with Gasteiger partial charge in [0, 0.05) is 24.6 Å². The highest BCUT2D eigenvalue weighted by Gasteiger charge is 2.33. The van der Waals surface area contributed by atoms with E-state index in [1.54, 1.807) is 18.4 Å². The number of hydrogen-bond acceptors (Lipinski definition) is 10. The fourth-order valence-electron chi connectivity index (χ4n) is 4.63. The van der Waals surface area contributed by atoms with E-state index < -0.39 is 22.4 Å². The van der Waals surface area contributed by atoms with Crippen molar-refractivity contribution in [3.8, 4) is 0 Å². The molecule has 1 aliphatic carbocycles. The number of ether oxygens (including phenoxy) is 2. The molecule has 1 fully saturated rings. The Kier molecular flexibility index (Phi) is 8.06. The summed E-state index contributed by atoms with van der Waals surface area (Å²) in [5, 5.41) is 6.69. The summed E-state index contributed by atoms with van der Waals surface area (Å²) in [5.74, 6) is 0.253. The van der Waals surface area contributed by atoms with Crippen molar-refractivity contribution in [2.45, 2.75) is 63.8 Å². The molecule has 0 spiro atoms. The largest absolute Gasteiger partial charge is 0.495 e. The van der Waals surface area contributed by atoms with Crippen LogP contribution in [0.15, 0.2) is 37.9 Å². The summed E-state index contributed by atoms with van der Waals surface area (Å²) in [6.45, 7) is 6.60. The van der Waals surface area contributed by atoms with Crippen LogP contribution in [0.2, 0.25) is 0 Å². The lowest BCUT2D eigenvalue weighted by Crippen LogP contribution is -2.44. The zero-order chi connectivity index (χ0) is 25.2. The summed E-state index contributed by atoms with van der Waals surface area (Å²) in [7, 11) is -0.124. The molecular weight excluding hydrogens is 470 g/mol. The Morgan fingerprint density at radius 1 is 1.26 bits per heavy atom. The molecule has 1 saturated heterocycles. The predicted octanol–water partition coefficient (Wildman–Crippen LogP) is 0.665. The second-order valence-electron chi connectivity index (χ2n) is 9.67. The van der Waals surface area contributed by atoms with Gasteiger partial charge in [0.1, 0.15) is 12.3 Å². The van der Waals surface area contributed by atoms with E-state index in [1.807, 2.05) is 20.1 Å². The summed E-state index contributed by atoms with van der Waals surface area (Å²) in [4.78, 5) is 11.6. The van der Waals surface area contributed by atoms with Gasteiger partial charge in [0.05, 0.1) is 35.2 Å². The number of likely N-dealkylation sites (tertiary alicyclic amines) is 1. The van der Waals surface area contributed by atoms with Gasteiger partial charge in [0.15, 0.2) is 6.23 Å². The Labute approximate surface area is 207 Å². The van der Waals surface area contributed by atoms with Gasteiger partial charge in [-0.1, -0.05) is 6.08 Å². The van der Waals surface area contributed by atoms with Crippen molar-refractivity contribution in [3.63, 3.8) is 0 Å².